The van der Waals surface area contributed by atoms with Crippen LogP contribution in [0.1, 0.15) is 13.8 Å². The Morgan fingerprint density at radius 2 is 2.05 bits per heavy atom. The highest BCUT2D eigenvalue weighted by Gasteiger charge is 2.18. The summed E-state index contributed by atoms with van der Waals surface area (Å²) >= 11 is 11.7. The SMILES string of the molecule is CCOC(=O)C(C)NN(C)C(=O)COc1ccc(Cl)cc1Cl. The molecule has 8 heteroatoms. The van der Waals surface area contributed by atoms with E-state index in [-0.39, 0.29) is 19.1 Å². The number of halogens is 2. The number of nitrogens with zero attached hydrogens (tertiary/aromatic N) is 1. The van der Waals surface area contributed by atoms with Crippen LogP contribution in [-0.4, -0.2) is 43.2 Å². The number of hydrazine groups is 1. The Hall–Kier alpha value is -1.50. The Bertz CT molecular complexity index is 540. The number of hydrogen-bond acceptors (Lipinski definition) is 5. The van der Waals surface area contributed by atoms with E-state index in [1.54, 1.807) is 26.0 Å². The number of nitrogens with one attached hydrogen (secondary N) is 1. The molecule has 0 fully saturated rings. The summed E-state index contributed by atoms with van der Waals surface area (Å²) in [6.07, 6.45) is 0. The summed E-state index contributed by atoms with van der Waals surface area (Å²) in [7, 11) is 1.49. The van der Waals surface area contributed by atoms with Crippen molar-refractivity contribution in [3.05, 3.63) is 28.2 Å². The molecule has 0 saturated heterocycles. The first kappa shape index (κ1) is 18.5. The van der Waals surface area contributed by atoms with Crippen LogP contribution in [0.4, 0.5) is 0 Å². The van der Waals surface area contributed by atoms with Gasteiger partial charge in [0.2, 0.25) is 0 Å². The lowest BCUT2D eigenvalue weighted by Crippen LogP contribution is -2.49. The second-order valence-electron chi connectivity index (χ2n) is 4.42. The molecule has 22 heavy (non-hydrogen) atoms. The van der Waals surface area contributed by atoms with Gasteiger partial charge in [0.25, 0.3) is 5.91 Å². The van der Waals surface area contributed by atoms with E-state index in [1.807, 2.05) is 0 Å². The third-order valence-corrected chi connectivity index (χ3v) is 3.18. The standard InChI is InChI=1S/C14H18Cl2N2O4/c1-4-21-14(20)9(2)17-18(3)13(19)8-22-12-6-5-10(15)7-11(12)16/h5-7,9,17H,4,8H2,1-3H3. The van der Waals surface area contributed by atoms with Gasteiger partial charge in [-0.05, 0) is 32.0 Å². The summed E-state index contributed by atoms with van der Waals surface area (Å²) in [5.74, 6) is -0.461. The van der Waals surface area contributed by atoms with Gasteiger partial charge in [-0.1, -0.05) is 23.2 Å². The summed E-state index contributed by atoms with van der Waals surface area (Å²) in [5, 5.41) is 1.97. The van der Waals surface area contributed by atoms with Gasteiger partial charge in [0.1, 0.15) is 11.8 Å². The molecule has 0 aliphatic heterocycles. The summed E-state index contributed by atoms with van der Waals surface area (Å²) in [5.41, 5.74) is 2.70. The molecule has 0 heterocycles. The molecule has 1 aromatic carbocycles. The van der Waals surface area contributed by atoms with Gasteiger partial charge in [-0.2, -0.15) is 0 Å². The number of carbonyl (C=O) groups is 2. The zero-order valence-corrected chi connectivity index (χ0v) is 14.1. The van der Waals surface area contributed by atoms with Gasteiger partial charge in [-0.3, -0.25) is 14.6 Å². The molecule has 0 radical (unpaired) electrons. The molecule has 0 spiro atoms. The second kappa shape index (κ2) is 8.82. The minimum Gasteiger partial charge on any atom is -0.482 e. The van der Waals surface area contributed by atoms with E-state index in [4.69, 9.17) is 32.7 Å². The Balaban J connectivity index is 2.49. The van der Waals surface area contributed by atoms with E-state index >= 15 is 0 Å². The highest BCUT2D eigenvalue weighted by molar-refractivity contribution is 6.35. The third-order valence-electron chi connectivity index (χ3n) is 2.65. The van der Waals surface area contributed by atoms with Crippen molar-refractivity contribution in [3.8, 4) is 5.75 Å². The molecular formula is C14H18Cl2N2O4. The van der Waals surface area contributed by atoms with Crippen molar-refractivity contribution in [2.75, 3.05) is 20.3 Å². The number of rotatable bonds is 7. The third kappa shape index (κ3) is 5.71. The molecule has 1 rings (SSSR count). The fraction of sp³-hybridized carbons (Fsp3) is 0.429. The topological polar surface area (TPSA) is 67.9 Å². The van der Waals surface area contributed by atoms with Crippen molar-refractivity contribution < 1.29 is 19.1 Å². The van der Waals surface area contributed by atoms with Crippen LogP contribution in [0, 0.1) is 0 Å². The number of likely N-dealkylation sites (N-methyl/N-ethyl adjacent to an activating group) is 1. The first-order valence-corrected chi connectivity index (χ1v) is 7.38. The maximum absolute atomic E-state index is 11.9. The van der Waals surface area contributed by atoms with Gasteiger partial charge in [0, 0.05) is 12.1 Å². The van der Waals surface area contributed by atoms with Crippen LogP contribution in [0.15, 0.2) is 18.2 Å². The molecular weight excluding hydrogens is 331 g/mol. The monoisotopic (exact) mass is 348 g/mol. The largest absolute Gasteiger partial charge is 0.482 e. The van der Waals surface area contributed by atoms with E-state index in [0.29, 0.717) is 15.8 Å². The van der Waals surface area contributed by atoms with E-state index in [1.165, 1.54) is 18.1 Å². The van der Waals surface area contributed by atoms with Gasteiger partial charge in [-0.15, -0.1) is 0 Å². The summed E-state index contributed by atoms with van der Waals surface area (Å²) in [6.45, 7) is 3.35. The average Bonchev–Trinajstić information content (AvgIpc) is 2.46. The number of benzene rings is 1. The molecule has 1 atom stereocenters. The molecule has 0 saturated carbocycles. The number of hydrogen-bond donors (Lipinski definition) is 1. The summed E-state index contributed by atoms with van der Waals surface area (Å²) in [6, 6.07) is 4.06. The van der Waals surface area contributed by atoms with E-state index < -0.39 is 12.0 Å². The predicted octanol–water partition coefficient (Wildman–Crippen LogP) is 2.29. The second-order valence-corrected chi connectivity index (χ2v) is 5.26. The maximum Gasteiger partial charge on any atom is 0.324 e. The molecule has 1 unspecified atom stereocenters. The van der Waals surface area contributed by atoms with E-state index in [9.17, 15) is 9.59 Å². The van der Waals surface area contributed by atoms with Crippen molar-refractivity contribution in [1.29, 1.82) is 0 Å². The van der Waals surface area contributed by atoms with Crippen LogP contribution in [-0.2, 0) is 14.3 Å². The van der Waals surface area contributed by atoms with Gasteiger partial charge < -0.3 is 9.47 Å². The Labute approximate surface area is 139 Å². The highest BCUT2D eigenvalue weighted by Crippen LogP contribution is 2.27. The van der Waals surface area contributed by atoms with Crippen LogP contribution >= 0.6 is 23.2 Å². The quantitative estimate of drug-likeness (QED) is 0.604. The van der Waals surface area contributed by atoms with Crippen LogP contribution in [0.25, 0.3) is 0 Å². The predicted molar refractivity (Wildman–Crippen MR) is 84.0 cm³/mol. The number of esters is 1. The van der Waals surface area contributed by atoms with Crippen molar-refractivity contribution in [1.82, 2.24) is 10.4 Å². The molecule has 1 N–H and O–H groups in total. The summed E-state index contributed by atoms with van der Waals surface area (Å²) in [4.78, 5) is 23.4. The molecule has 0 bridgehead atoms. The smallest absolute Gasteiger partial charge is 0.324 e. The number of carbonyl (C=O) groups excluding carboxylic acids is 2. The zero-order chi connectivity index (χ0) is 16.7. The highest BCUT2D eigenvalue weighted by atomic mass is 35.5. The molecule has 0 aliphatic carbocycles. The fourth-order valence-corrected chi connectivity index (χ4v) is 1.97. The molecule has 122 valence electrons. The van der Waals surface area contributed by atoms with Crippen molar-refractivity contribution >= 4 is 35.1 Å². The molecule has 1 amide bonds. The van der Waals surface area contributed by atoms with Crippen LogP contribution < -0.4 is 10.2 Å². The van der Waals surface area contributed by atoms with E-state index in [2.05, 4.69) is 5.43 Å². The Morgan fingerprint density at radius 1 is 1.36 bits per heavy atom. The van der Waals surface area contributed by atoms with Crippen LogP contribution in [0.5, 0.6) is 5.75 Å². The molecule has 0 aliphatic rings. The first-order chi connectivity index (χ1) is 10.3. The minimum absolute atomic E-state index is 0.236. The van der Waals surface area contributed by atoms with Crippen molar-refractivity contribution in [3.63, 3.8) is 0 Å². The Kier molecular flexibility index (Phi) is 7.44. The fourth-order valence-electron chi connectivity index (χ4n) is 1.51. The van der Waals surface area contributed by atoms with Crippen LogP contribution in [0.3, 0.4) is 0 Å². The average molecular weight is 349 g/mol. The number of ether oxygens (including phenoxy) is 2. The van der Waals surface area contributed by atoms with Gasteiger partial charge in [-0.25, -0.2) is 5.43 Å². The molecule has 6 nitrogen and oxygen atoms in total. The molecule has 0 aromatic heterocycles. The maximum atomic E-state index is 11.9. The molecule has 1 aromatic rings. The van der Waals surface area contributed by atoms with Crippen LogP contribution in [0.2, 0.25) is 10.0 Å². The van der Waals surface area contributed by atoms with Crippen molar-refractivity contribution in [2.24, 2.45) is 0 Å². The Morgan fingerprint density at radius 3 is 2.64 bits per heavy atom. The van der Waals surface area contributed by atoms with E-state index in [0.717, 1.165) is 0 Å². The number of amides is 1. The minimum atomic E-state index is -0.645. The van der Waals surface area contributed by atoms with Gasteiger partial charge >= 0.3 is 5.97 Å². The summed E-state index contributed by atoms with van der Waals surface area (Å²) < 4.78 is 10.2. The van der Waals surface area contributed by atoms with Gasteiger partial charge in [0.05, 0.1) is 11.6 Å². The zero-order valence-electron chi connectivity index (χ0n) is 12.6. The lowest BCUT2D eigenvalue weighted by atomic mass is 10.3. The normalized spacial score (nSPS) is 11.7. The van der Waals surface area contributed by atoms with Crippen molar-refractivity contribution in [2.45, 2.75) is 19.9 Å². The lowest BCUT2D eigenvalue weighted by molar-refractivity contribution is -0.148. The lowest BCUT2D eigenvalue weighted by Gasteiger charge is -2.22. The van der Waals surface area contributed by atoms with Gasteiger partial charge in [0.15, 0.2) is 6.61 Å². The first-order valence-electron chi connectivity index (χ1n) is 6.62.